The molecule has 0 radical (unpaired) electrons. The van der Waals surface area contributed by atoms with Gasteiger partial charge in [0.15, 0.2) is 0 Å². The van der Waals surface area contributed by atoms with Crippen molar-refractivity contribution in [3.05, 3.63) is 72.3 Å². The monoisotopic (exact) mass is 362 g/mol. The number of nitrogens with one attached hydrogen (secondary N) is 3. The van der Waals surface area contributed by atoms with Gasteiger partial charge in [0.25, 0.3) is 5.91 Å². The maximum absolute atomic E-state index is 12.4. The van der Waals surface area contributed by atoms with Crippen LogP contribution in [0.4, 0.5) is 17.3 Å². The van der Waals surface area contributed by atoms with Gasteiger partial charge in [0.05, 0.1) is 12.2 Å². The second-order valence-corrected chi connectivity index (χ2v) is 5.65. The Balaban J connectivity index is 1.62. The SMILES string of the molecule is CC(=O)Nc1ccc(NC(=O)c2ccnc(NCc3ccccn3)n2)cc1. The van der Waals surface area contributed by atoms with E-state index in [2.05, 4.69) is 30.9 Å². The molecule has 0 atom stereocenters. The van der Waals surface area contributed by atoms with Crippen molar-refractivity contribution >= 4 is 29.1 Å². The fourth-order valence-electron chi connectivity index (χ4n) is 2.28. The molecule has 0 spiro atoms. The molecule has 8 nitrogen and oxygen atoms in total. The van der Waals surface area contributed by atoms with Crippen LogP contribution in [0.1, 0.15) is 23.1 Å². The quantitative estimate of drug-likeness (QED) is 0.622. The van der Waals surface area contributed by atoms with Crippen LogP contribution in [0.3, 0.4) is 0 Å². The first-order valence-corrected chi connectivity index (χ1v) is 8.26. The van der Waals surface area contributed by atoms with Crippen molar-refractivity contribution in [3.8, 4) is 0 Å². The molecule has 0 fully saturated rings. The normalized spacial score (nSPS) is 10.1. The van der Waals surface area contributed by atoms with Gasteiger partial charge in [0.2, 0.25) is 11.9 Å². The lowest BCUT2D eigenvalue weighted by atomic mass is 10.2. The van der Waals surface area contributed by atoms with E-state index in [1.165, 1.54) is 19.2 Å². The molecule has 3 rings (SSSR count). The molecule has 0 aliphatic rings. The number of amides is 2. The summed E-state index contributed by atoms with van der Waals surface area (Å²) in [5.41, 5.74) is 2.33. The number of carbonyl (C=O) groups is 2. The van der Waals surface area contributed by atoms with Gasteiger partial charge in [0, 0.05) is 30.7 Å². The molecule has 2 heterocycles. The first kappa shape index (κ1) is 18.0. The highest BCUT2D eigenvalue weighted by Crippen LogP contribution is 2.14. The van der Waals surface area contributed by atoms with Crippen molar-refractivity contribution in [2.45, 2.75) is 13.5 Å². The lowest BCUT2D eigenvalue weighted by molar-refractivity contribution is -0.114. The molecule has 0 saturated carbocycles. The number of nitrogens with zero attached hydrogens (tertiary/aromatic N) is 3. The van der Waals surface area contributed by atoms with Crippen LogP contribution in [0.25, 0.3) is 0 Å². The standard InChI is InChI=1S/C19H18N6O2/c1-13(26)23-14-5-7-15(8-6-14)24-18(27)17-9-11-21-19(25-17)22-12-16-4-2-3-10-20-16/h2-11H,12H2,1H3,(H,23,26)(H,24,27)(H,21,22,25). The number of rotatable bonds is 6. The van der Waals surface area contributed by atoms with E-state index in [1.54, 1.807) is 30.5 Å². The molecule has 2 amide bonds. The van der Waals surface area contributed by atoms with Crippen molar-refractivity contribution in [3.63, 3.8) is 0 Å². The van der Waals surface area contributed by atoms with Gasteiger partial charge in [-0.3, -0.25) is 14.6 Å². The fourth-order valence-corrected chi connectivity index (χ4v) is 2.28. The van der Waals surface area contributed by atoms with Gasteiger partial charge in [-0.2, -0.15) is 0 Å². The molecule has 0 bridgehead atoms. The highest BCUT2D eigenvalue weighted by atomic mass is 16.2. The largest absolute Gasteiger partial charge is 0.349 e. The van der Waals surface area contributed by atoms with E-state index in [0.29, 0.717) is 23.9 Å². The van der Waals surface area contributed by atoms with E-state index in [1.807, 2.05) is 18.2 Å². The predicted molar refractivity (Wildman–Crippen MR) is 102 cm³/mol. The average Bonchev–Trinajstić information content (AvgIpc) is 2.68. The summed E-state index contributed by atoms with van der Waals surface area (Å²) in [5, 5.41) is 8.46. The van der Waals surface area contributed by atoms with Gasteiger partial charge in [-0.1, -0.05) is 6.07 Å². The average molecular weight is 362 g/mol. The molecular formula is C19H18N6O2. The first-order valence-electron chi connectivity index (χ1n) is 8.26. The van der Waals surface area contributed by atoms with E-state index in [9.17, 15) is 9.59 Å². The number of benzene rings is 1. The van der Waals surface area contributed by atoms with Crippen LogP contribution in [0.5, 0.6) is 0 Å². The van der Waals surface area contributed by atoms with Crippen molar-refractivity contribution in [1.82, 2.24) is 15.0 Å². The lowest BCUT2D eigenvalue weighted by Crippen LogP contribution is -2.15. The topological polar surface area (TPSA) is 109 Å². The molecule has 136 valence electrons. The second-order valence-electron chi connectivity index (χ2n) is 5.65. The molecule has 0 saturated heterocycles. The van der Waals surface area contributed by atoms with Crippen LogP contribution in [0, 0.1) is 0 Å². The number of carbonyl (C=O) groups excluding carboxylic acids is 2. The molecule has 3 N–H and O–H groups in total. The molecule has 1 aromatic carbocycles. The maximum Gasteiger partial charge on any atom is 0.274 e. The zero-order chi connectivity index (χ0) is 19.1. The molecule has 0 unspecified atom stereocenters. The van der Waals surface area contributed by atoms with Crippen LogP contribution in [0.2, 0.25) is 0 Å². The summed E-state index contributed by atoms with van der Waals surface area (Å²) in [4.78, 5) is 36.0. The van der Waals surface area contributed by atoms with E-state index >= 15 is 0 Å². The Kier molecular flexibility index (Phi) is 5.68. The third-order valence-electron chi connectivity index (χ3n) is 3.51. The van der Waals surface area contributed by atoms with Crippen LogP contribution >= 0.6 is 0 Å². The van der Waals surface area contributed by atoms with Crippen molar-refractivity contribution in [2.24, 2.45) is 0 Å². The number of aromatic nitrogens is 3. The summed E-state index contributed by atoms with van der Waals surface area (Å²) < 4.78 is 0. The Labute approximate surface area is 156 Å². The van der Waals surface area contributed by atoms with Crippen molar-refractivity contribution in [2.75, 3.05) is 16.0 Å². The molecule has 0 aliphatic heterocycles. The fraction of sp³-hybridized carbons (Fsp3) is 0.105. The lowest BCUT2D eigenvalue weighted by Gasteiger charge is -2.08. The molecule has 3 aromatic rings. The zero-order valence-electron chi connectivity index (χ0n) is 14.6. The molecule has 8 heteroatoms. The summed E-state index contributed by atoms with van der Waals surface area (Å²) in [6.45, 7) is 1.89. The smallest absolute Gasteiger partial charge is 0.274 e. The van der Waals surface area contributed by atoms with Crippen LogP contribution in [0.15, 0.2) is 60.9 Å². The summed E-state index contributed by atoms with van der Waals surface area (Å²) >= 11 is 0. The Bertz CT molecular complexity index is 928. The summed E-state index contributed by atoms with van der Waals surface area (Å²) in [6.07, 6.45) is 3.22. The Morgan fingerprint density at radius 1 is 0.889 bits per heavy atom. The van der Waals surface area contributed by atoms with Gasteiger partial charge in [-0.25, -0.2) is 9.97 Å². The molecule has 27 heavy (non-hydrogen) atoms. The second kappa shape index (κ2) is 8.52. The van der Waals surface area contributed by atoms with E-state index in [0.717, 1.165) is 5.69 Å². The van der Waals surface area contributed by atoms with Crippen LogP contribution in [-0.4, -0.2) is 26.8 Å². The summed E-state index contributed by atoms with van der Waals surface area (Å²) in [6, 6.07) is 14.0. The number of pyridine rings is 1. The zero-order valence-corrected chi connectivity index (χ0v) is 14.6. The Hall–Kier alpha value is -3.81. The maximum atomic E-state index is 12.4. The molecular weight excluding hydrogens is 344 g/mol. The third-order valence-corrected chi connectivity index (χ3v) is 3.51. The number of hydrogen-bond acceptors (Lipinski definition) is 6. The summed E-state index contributed by atoms with van der Waals surface area (Å²) in [5.74, 6) is -0.168. The highest BCUT2D eigenvalue weighted by Gasteiger charge is 2.09. The van der Waals surface area contributed by atoms with E-state index < -0.39 is 0 Å². The van der Waals surface area contributed by atoms with Gasteiger partial charge in [0.1, 0.15) is 5.69 Å². The van der Waals surface area contributed by atoms with Gasteiger partial charge in [-0.05, 0) is 42.5 Å². The third kappa shape index (κ3) is 5.33. The van der Waals surface area contributed by atoms with Gasteiger partial charge < -0.3 is 16.0 Å². The number of hydrogen-bond donors (Lipinski definition) is 3. The Morgan fingerprint density at radius 2 is 1.63 bits per heavy atom. The predicted octanol–water partition coefficient (Wildman–Crippen LogP) is 2.69. The van der Waals surface area contributed by atoms with Crippen molar-refractivity contribution < 1.29 is 9.59 Å². The summed E-state index contributed by atoms with van der Waals surface area (Å²) in [7, 11) is 0. The molecule has 2 aromatic heterocycles. The van der Waals surface area contributed by atoms with E-state index in [4.69, 9.17) is 0 Å². The minimum absolute atomic E-state index is 0.154. The minimum Gasteiger partial charge on any atom is -0.349 e. The number of anilines is 3. The Morgan fingerprint density at radius 3 is 2.30 bits per heavy atom. The first-order chi connectivity index (χ1) is 13.1. The van der Waals surface area contributed by atoms with Crippen molar-refractivity contribution in [1.29, 1.82) is 0 Å². The van der Waals surface area contributed by atoms with Crippen LogP contribution < -0.4 is 16.0 Å². The highest BCUT2D eigenvalue weighted by molar-refractivity contribution is 6.03. The van der Waals surface area contributed by atoms with Gasteiger partial charge in [-0.15, -0.1) is 0 Å². The molecule has 0 aliphatic carbocycles. The van der Waals surface area contributed by atoms with Gasteiger partial charge >= 0.3 is 0 Å². The van der Waals surface area contributed by atoms with E-state index in [-0.39, 0.29) is 17.5 Å². The van der Waals surface area contributed by atoms with Crippen LogP contribution in [-0.2, 0) is 11.3 Å². The minimum atomic E-state index is -0.356.